The van der Waals surface area contributed by atoms with E-state index < -0.39 is 63.8 Å². The van der Waals surface area contributed by atoms with E-state index >= 15 is 0 Å². The van der Waals surface area contributed by atoms with Gasteiger partial charge in [0.25, 0.3) is 5.91 Å². The molecule has 8 N–H and O–H groups in total. The molecule has 1 saturated carbocycles. The maximum absolute atomic E-state index is 13.6. The predicted molar refractivity (Wildman–Crippen MR) is 114 cm³/mol. The SMILES string of the molecule is CN(C)[C@@H]1C(=O)C(C(N)=O)=C(O)C2(O)C(=O)C3=C(O)c4c(cc(Cl)c(N)c4O)CC3CC12. The zero-order valence-electron chi connectivity index (χ0n) is 17.2. The summed E-state index contributed by atoms with van der Waals surface area (Å²) in [5, 5.41) is 43.6. The summed E-state index contributed by atoms with van der Waals surface area (Å²) in [4.78, 5) is 39.9. The molecule has 32 heavy (non-hydrogen) atoms. The molecule has 170 valence electrons. The van der Waals surface area contributed by atoms with Crippen molar-refractivity contribution >= 4 is 40.5 Å². The minimum absolute atomic E-state index is 0.00845. The molecular formula is C21H22ClN3O7. The third-order valence-electron chi connectivity index (χ3n) is 6.70. The highest BCUT2D eigenvalue weighted by Gasteiger charge is 2.64. The van der Waals surface area contributed by atoms with Crippen molar-refractivity contribution in [1.29, 1.82) is 0 Å². The molecule has 3 aliphatic carbocycles. The molecule has 0 aliphatic heterocycles. The number of primary amides is 1. The number of phenols is 1. The lowest BCUT2D eigenvalue weighted by Gasteiger charge is -2.50. The van der Waals surface area contributed by atoms with E-state index in [4.69, 9.17) is 23.1 Å². The van der Waals surface area contributed by atoms with Crippen LogP contribution >= 0.6 is 11.6 Å². The number of halogens is 1. The number of amides is 1. The van der Waals surface area contributed by atoms with Crippen LogP contribution in [0.3, 0.4) is 0 Å². The van der Waals surface area contributed by atoms with Gasteiger partial charge in [-0.15, -0.1) is 0 Å². The van der Waals surface area contributed by atoms with Gasteiger partial charge < -0.3 is 31.9 Å². The molecule has 1 amide bonds. The molecular weight excluding hydrogens is 442 g/mol. The summed E-state index contributed by atoms with van der Waals surface area (Å²) in [5.74, 6) is -7.20. The fourth-order valence-electron chi connectivity index (χ4n) is 5.28. The van der Waals surface area contributed by atoms with Crippen LogP contribution in [-0.2, 0) is 20.8 Å². The topological polar surface area (TPSA) is 187 Å². The molecule has 1 aromatic rings. The summed E-state index contributed by atoms with van der Waals surface area (Å²) < 4.78 is 0. The maximum Gasteiger partial charge on any atom is 0.255 e. The van der Waals surface area contributed by atoms with Crippen molar-refractivity contribution in [2.75, 3.05) is 19.8 Å². The number of benzene rings is 1. The van der Waals surface area contributed by atoms with E-state index in [9.17, 15) is 34.8 Å². The van der Waals surface area contributed by atoms with Gasteiger partial charge >= 0.3 is 0 Å². The van der Waals surface area contributed by atoms with Crippen LogP contribution < -0.4 is 11.5 Å². The van der Waals surface area contributed by atoms with E-state index in [0.29, 0.717) is 5.56 Å². The Morgan fingerprint density at radius 1 is 1.25 bits per heavy atom. The van der Waals surface area contributed by atoms with E-state index in [1.165, 1.54) is 25.1 Å². The van der Waals surface area contributed by atoms with Crippen molar-refractivity contribution in [2.45, 2.75) is 24.5 Å². The average Bonchev–Trinajstić information content (AvgIpc) is 2.68. The Morgan fingerprint density at radius 3 is 2.44 bits per heavy atom. The second kappa shape index (κ2) is 6.96. The molecule has 1 fully saturated rings. The van der Waals surface area contributed by atoms with E-state index in [1.54, 1.807) is 0 Å². The van der Waals surface area contributed by atoms with E-state index in [1.807, 2.05) is 0 Å². The van der Waals surface area contributed by atoms with Crippen LogP contribution in [0.4, 0.5) is 5.69 Å². The molecule has 10 nitrogen and oxygen atoms in total. The summed E-state index contributed by atoms with van der Waals surface area (Å²) in [7, 11) is 3.07. The fourth-order valence-corrected chi connectivity index (χ4v) is 5.50. The van der Waals surface area contributed by atoms with Gasteiger partial charge in [0, 0.05) is 11.5 Å². The zero-order valence-corrected chi connectivity index (χ0v) is 18.0. The number of phenolic OH excluding ortho intramolecular Hbond substituents is 1. The highest BCUT2D eigenvalue weighted by molar-refractivity contribution is 6.33. The van der Waals surface area contributed by atoms with Gasteiger partial charge in [0.15, 0.2) is 17.1 Å². The molecule has 0 bridgehead atoms. The number of likely N-dealkylation sites (N-methyl/N-ethyl adjacent to an activating group) is 1. The van der Waals surface area contributed by atoms with Crippen LogP contribution in [0.15, 0.2) is 23.0 Å². The summed E-state index contributed by atoms with van der Waals surface area (Å²) in [6.07, 6.45) is 0.163. The van der Waals surface area contributed by atoms with E-state index in [0.717, 1.165) is 0 Å². The number of fused-ring (bicyclic) bond motifs is 3. The lowest BCUT2D eigenvalue weighted by Crippen LogP contribution is -2.65. The van der Waals surface area contributed by atoms with Crippen molar-refractivity contribution < 1.29 is 34.8 Å². The fraction of sp³-hybridized carbons (Fsp3) is 0.381. The number of aliphatic hydroxyl groups is 3. The number of hydrogen-bond acceptors (Lipinski definition) is 9. The quantitative estimate of drug-likeness (QED) is 0.202. The van der Waals surface area contributed by atoms with Crippen LogP contribution in [0.2, 0.25) is 5.02 Å². The Hall–Kier alpha value is -3.08. The van der Waals surface area contributed by atoms with Gasteiger partial charge in [0.1, 0.15) is 17.1 Å². The summed E-state index contributed by atoms with van der Waals surface area (Å²) in [6, 6.07) is 0.346. The minimum atomic E-state index is -2.67. The van der Waals surface area contributed by atoms with Crippen molar-refractivity contribution in [3.8, 4) is 5.75 Å². The van der Waals surface area contributed by atoms with Crippen LogP contribution in [0.25, 0.3) is 5.76 Å². The lowest BCUT2D eigenvalue weighted by molar-refractivity contribution is -0.153. The van der Waals surface area contributed by atoms with Crippen LogP contribution in [0.1, 0.15) is 17.5 Å². The molecule has 1 aromatic carbocycles. The molecule has 3 aliphatic rings. The van der Waals surface area contributed by atoms with Gasteiger partial charge in [0.05, 0.1) is 22.3 Å². The first kappa shape index (κ1) is 22.1. The third-order valence-corrected chi connectivity index (χ3v) is 7.01. The number of ketones is 2. The molecule has 0 saturated heterocycles. The van der Waals surface area contributed by atoms with E-state index in [-0.39, 0.29) is 34.7 Å². The van der Waals surface area contributed by atoms with Gasteiger partial charge in [-0.05, 0) is 44.5 Å². The highest BCUT2D eigenvalue weighted by atomic mass is 35.5. The van der Waals surface area contributed by atoms with Crippen molar-refractivity contribution in [3.05, 3.63) is 39.1 Å². The number of carbonyl (C=O) groups is 3. The molecule has 0 heterocycles. The minimum Gasteiger partial charge on any atom is -0.508 e. The van der Waals surface area contributed by atoms with Crippen LogP contribution in [0.5, 0.6) is 5.75 Å². The predicted octanol–water partition coefficient (Wildman–Crippen LogP) is 0.200. The normalized spacial score (nSPS) is 29.7. The molecule has 0 radical (unpaired) electrons. The first-order chi connectivity index (χ1) is 14.8. The maximum atomic E-state index is 13.6. The van der Waals surface area contributed by atoms with Gasteiger partial charge in [-0.3, -0.25) is 19.3 Å². The van der Waals surface area contributed by atoms with Gasteiger partial charge in [-0.2, -0.15) is 0 Å². The summed E-state index contributed by atoms with van der Waals surface area (Å²) in [5.41, 5.74) is 7.41. The zero-order chi connectivity index (χ0) is 23.9. The number of rotatable bonds is 2. The largest absolute Gasteiger partial charge is 0.508 e. The summed E-state index contributed by atoms with van der Waals surface area (Å²) >= 11 is 6.06. The van der Waals surface area contributed by atoms with Crippen LogP contribution in [-0.4, -0.2) is 68.5 Å². The molecule has 3 unspecified atom stereocenters. The Bertz CT molecular complexity index is 1170. The number of aliphatic hydroxyl groups excluding tert-OH is 2. The first-order valence-corrected chi connectivity index (χ1v) is 10.2. The average molecular weight is 464 g/mol. The third kappa shape index (κ3) is 2.63. The molecule has 0 aromatic heterocycles. The van der Waals surface area contributed by atoms with Crippen molar-refractivity contribution in [2.24, 2.45) is 17.6 Å². The Morgan fingerprint density at radius 2 is 1.88 bits per heavy atom. The lowest BCUT2D eigenvalue weighted by atomic mass is 9.57. The number of nitrogens with zero attached hydrogens (tertiary/aromatic N) is 1. The van der Waals surface area contributed by atoms with Crippen molar-refractivity contribution in [1.82, 2.24) is 4.90 Å². The van der Waals surface area contributed by atoms with Crippen LogP contribution in [0, 0.1) is 11.8 Å². The molecule has 11 heteroatoms. The Labute approximate surface area is 187 Å². The second-order valence-electron chi connectivity index (χ2n) is 8.62. The molecule has 0 spiro atoms. The van der Waals surface area contributed by atoms with Crippen molar-refractivity contribution in [3.63, 3.8) is 0 Å². The number of hydrogen-bond donors (Lipinski definition) is 6. The number of carbonyl (C=O) groups excluding carboxylic acids is 3. The number of Topliss-reactive ketones (excluding diaryl/α,β-unsaturated/α-hetero) is 2. The Kier molecular flexibility index (Phi) is 4.81. The number of nitrogen functional groups attached to an aromatic ring is 1. The first-order valence-electron chi connectivity index (χ1n) is 9.78. The van der Waals surface area contributed by atoms with Gasteiger partial charge in [-0.25, -0.2) is 0 Å². The summed E-state index contributed by atoms with van der Waals surface area (Å²) in [6.45, 7) is 0. The molecule has 4 rings (SSSR count). The van der Waals surface area contributed by atoms with Gasteiger partial charge in [-0.1, -0.05) is 11.6 Å². The van der Waals surface area contributed by atoms with Gasteiger partial charge in [0.2, 0.25) is 5.78 Å². The monoisotopic (exact) mass is 463 g/mol. The Balaban J connectivity index is 1.99. The smallest absolute Gasteiger partial charge is 0.255 e. The highest BCUT2D eigenvalue weighted by Crippen LogP contribution is 2.53. The second-order valence-corrected chi connectivity index (χ2v) is 9.02. The standard InChI is InChI=1S/C21H22ClN3O7/c1-25(2)14-8-4-6-3-7-5-9(22)13(23)16(27)10(7)15(26)11(6)18(29)21(8,32)19(30)12(17(14)28)20(24)31/h5-6,8,14,26-27,30,32H,3-4,23H2,1-2H3,(H2,24,31)/t6?,8?,14-,21?/m0/s1. The number of aromatic hydroxyl groups is 1. The number of anilines is 1. The molecule has 4 atom stereocenters. The van der Waals surface area contributed by atoms with E-state index in [2.05, 4.69) is 0 Å². The number of nitrogens with two attached hydrogens (primary N) is 2.